The van der Waals surface area contributed by atoms with Gasteiger partial charge in [0.15, 0.2) is 0 Å². The number of aliphatic imine (C=N–C) groups is 1. The number of nitrogens with zero attached hydrogens (tertiary/aromatic N) is 3. The Morgan fingerprint density at radius 3 is 2.24 bits per heavy atom. The fourth-order valence-electron chi connectivity index (χ4n) is 2.44. The lowest BCUT2D eigenvalue weighted by molar-refractivity contribution is -0.132. The van der Waals surface area contributed by atoms with E-state index in [1.54, 1.807) is 30.3 Å². The lowest BCUT2D eigenvalue weighted by Gasteiger charge is -2.21. The van der Waals surface area contributed by atoms with E-state index in [4.69, 9.17) is 21.9 Å². The highest BCUT2D eigenvalue weighted by molar-refractivity contribution is 6.17. The molecule has 0 aromatic heterocycles. The van der Waals surface area contributed by atoms with E-state index >= 15 is 0 Å². The Morgan fingerprint density at radius 2 is 1.69 bits per heavy atom. The molecule has 0 unspecified atom stereocenters. The zero-order valence-electron chi connectivity index (χ0n) is 14.9. The summed E-state index contributed by atoms with van der Waals surface area (Å²) < 4.78 is 44.5. The summed E-state index contributed by atoms with van der Waals surface area (Å²) in [7, 11) is 0. The zero-order valence-corrected chi connectivity index (χ0v) is 14.9. The maximum Gasteiger partial charge on any atom is 0.431 e. The van der Waals surface area contributed by atoms with Crippen molar-refractivity contribution in [2.45, 2.75) is 18.4 Å². The molecule has 0 saturated heterocycles. The predicted molar refractivity (Wildman–Crippen MR) is 101 cm³/mol. The van der Waals surface area contributed by atoms with Gasteiger partial charge in [0.05, 0.1) is 17.8 Å². The number of benzene rings is 2. The normalized spacial score (nSPS) is 16.1. The van der Waals surface area contributed by atoms with Crippen LogP contribution in [0, 0.1) is 0 Å². The Kier molecular flexibility index (Phi) is 5.27. The number of alkyl halides is 3. The highest BCUT2D eigenvalue weighted by atomic mass is 19.4. The number of hydrogen-bond acceptors (Lipinski definition) is 6. The Morgan fingerprint density at radius 1 is 1.07 bits per heavy atom. The SMILES string of the molecule is NC(=O)C(N)(N)Oc1ccc(N=C2CC(C(F)(F)F)=NN2c2ccccc2)cc1. The number of amidine groups is 1. The first-order chi connectivity index (χ1) is 13.6. The monoisotopic (exact) mass is 406 g/mol. The van der Waals surface area contributed by atoms with Crippen LogP contribution in [-0.4, -0.2) is 29.5 Å². The number of rotatable bonds is 5. The molecule has 2 aromatic rings. The first-order valence-electron chi connectivity index (χ1n) is 8.30. The van der Waals surface area contributed by atoms with Gasteiger partial charge in [0, 0.05) is 0 Å². The summed E-state index contributed by atoms with van der Waals surface area (Å²) in [6.45, 7) is 0. The van der Waals surface area contributed by atoms with Crippen molar-refractivity contribution >= 4 is 28.8 Å². The molecule has 0 aliphatic carbocycles. The van der Waals surface area contributed by atoms with Crippen LogP contribution in [0.4, 0.5) is 24.5 Å². The van der Waals surface area contributed by atoms with Crippen molar-refractivity contribution in [2.24, 2.45) is 27.3 Å². The third kappa shape index (κ3) is 4.70. The Balaban J connectivity index is 1.87. The molecule has 1 amide bonds. The summed E-state index contributed by atoms with van der Waals surface area (Å²) in [6.07, 6.45) is -5.05. The van der Waals surface area contributed by atoms with E-state index in [9.17, 15) is 18.0 Å². The number of primary amides is 1. The van der Waals surface area contributed by atoms with E-state index in [2.05, 4.69) is 10.1 Å². The predicted octanol–water partition coefficient (Wildman–Crippen LogP) is 1.98. The van der Waals surface area contributed by atoms with Crippen molar-refractivity contribution < 1.29 is 22.7 Å². The second kappa shape index (κ2) is 7.53. The van der Waals surface area contributed by atoms with Crippen LogP contribution in [0.25, 0.3) is 0 Å². The van der Waals surface area contributed by atoms with Gasteiger partial charge in [0.1, 0.15) is 17.3 Å². The Hall–Kier alpha value is -3.44. The summed E-state index contributed by atoms with van der Waals surface area (Å²) in [5.74, 6) is -3.03. The largest absolute Gasteiger partial charge is 0.451 e. The molecular weight excluding hydrogens is 389 g/mol. The number of amides is 1. The van der Waals surface area contributed by atoms with Gasteiger partial charge in [0.2, 0.25) is 0 Å². The number of carbonyl (C=O) groups is 1. The average molecular weight is 406 g/mol. The van der Waals surface area contributed by atoms with Crippen molar-refractivity contribution in [3.8, 4) is 5.75 Å². The van der Waals surface area contributed by atoms with Gasteiger partial charge < -0.3 is 10.5 Å². The highest BCUT2D eigenvalue weighted by Gasteiger charge is 2.41. The quantitative estimate of drug-likeness (QED) is 0.653. The molecular formula is C18H17F3N6O2. The van der Waals surface area contributed by atoms with Gasteiger partial charge in [-0.25, -0.2) is 10.0 Å². The van der Waals surface area contributed by atoms with Crippen LogP contribution in [-0.2, 0) is 4.79 Å². The van der Waals surface area contributed by atoms with Gasteiger partial charge in [-0.3, -0.25) is 16.3 Å². The van der Waals surface area contributed by atoms with Crippen LogP contribution in [0.3, 0.4) is 0 Å². The number of hydrazone groups is 1. The minimum Gasteiger partial charge on any atom is -0.451 e. The number of para-hydroxylation sites is 1. The van der Waals surface area contributed by atoms with Gasteiger partial charge in [0.25, 0.3) is 11.8 Å². The van der Waals surface area contributed by atoms with Gasteiger partial charge in [-0.05, 0) is 36.4 Å². The molecule has 11 heteroatoms. The molecule has 1 heterocycles. The van der Waals surface area contributed by atoms with E-state index in [-0.39, 0.29) is 11.6 Å². The minimum absolute atomic E-state index is 0.0984. The number of nitrogens with two attached hydrogens (primary N) is 3. The molecule has 0 bridgehead atoms. The average Bonchev–Trinajstić information content (AvgIpc) is 3.08. The summed E-state index contributed by atoms with van der Waals surface area (Å²) in [4.78, 5) is 15.4. The molecule has 0 atom stereocenters. The molecule has 2 aromatic carbocycles. The van der Waals surface area contributed by atoms with E-state index in [1.165, 1.54) is 24.3 Å². The lowest BCUT2D eigenvalue weighted by Crippen LogP contribution is -2.63. The number of carbonyl (C=O) groups excluding carboxylic acids is 1. The van der Waals surface area contributed by atoms with E-state index in [0.29, 0.717) is 11.4 Å². The van der Waals surface area contributed by atoms with Crippen molar-refractivity contribution in [1.82, 2.24) is 0 Å². The molecule has 0 fully saturated rings. The van der Waals surface area contributed by atoms with E-state index in [1.807, 2.05) is 0 Å². The molecule has 0 saturated carbocycles. The first-order valence-corrected chi connectivity index (χ1v) is 8.30. The zero-order chi connectivity index (χ0) is 21.2. The molecule has 3 rings (SSSR count). The van der Waals surface area contributed by atoms with Crippen LogP contribution in [0.15, 0.2) is 64.7 Å². The second-order valence-corrected chi connectivity index (χ2v) is 6.15. The molecule has 1 aliphatic heterocycles. The fourth-order valence-corrected chi connectivity index (χ4v) is 2.44. The van der Waals surface area contributed by atoms with Gasteiger partial charge in [-0.1, -0.05) is 18.2 Å². The number of hydrogen-bond donors (Lipinski definition) is 3. The Bertz CT molecular complexity index is 956. The summed E-state index contributed by atoms with van der Waals surface area (Å²) in [5, 5.41) is 4.82. The second-order valence-electron chi connectivity index (χ2n) is 6.15. The number of halogens is 3. The standard InChI is InChI=1S/C18H17F3N6O2/c19-17(20,21)14-10-15(27(26-14)12-4-2-1-3-5-12)25-11-6-8-13(9-7-11)29-18(23,24)16(22)28/h1-9H,10,23-24H2,(H2,22,28). The van der Waals surface area contributed by atoms with Crippen LogP contribution in [0.2, 0.25) is 0 Å². The third-order valence-electron chi connectivity index (χ3n) is 3.89. The van der Waals surface area contributed by atoms with E-state index < -0.39 is 30.1 Å². The number of anilines is 1. The summed E-state index contributed by atoms with van der Waals surface area (Å²) in [6, 6.07) is 14.1. The van der Waals surface area contributed by atoms with Gasteiger partial charge >= 0.3 is 6.18 Å². The van der Waals surface area contributed by atoms with Crippen LogP contribution in [0.1, 0.15) is 6.42 Å². The fraction of sp³-hybridized carbons (Fsp3) is 0.167. The summed E-state index contributed by atoms with van der Waals surface area (Å²) >= 11 is 0. The van der Waals surface area contributed by atoms with E-state index in [0.717, 1.165) is 5.01 Å². The topological polar surface area (TPSA) is 132 Å². The van der Waals surface area contributed by atoms with Crippen molar-refractivity contribution in [3.63, 3.8) is 0 Å². The molecule has 29 heavy (non-hydrogen) atoms. The molecule has 0 radical (unpaired) electrons. The third-order valence-corrected chi connectivity index (χ3v) is 3.89. The molecule has 6 N–H and O–H groups in total. The lowest BCUT2D eigenvalue weighted by atomic mass is 10.2. The summed E-state index contributed by atoms with van der Waals surface area (Å²) in [5.41, 5.74) is 15.7. The maximum atomic E-state index is 13.1. The van der Waals surface area contributed by atoms with Crippen LogP contribution in [0.5, 0.6) is 5.75 Å². The Labute approximate surface area is 163 Å². The van der Waals surface area contributed by atoms with Crippen molar-refractivity contribution in [1.29, 1.82) is 0 Å². The first kappa shape index (κ1) is 20.3. The highest BCUT2D eigenvalue weighted by Crippen LogP contribution is 2.30. The van der Waals surface area contributed by atoms with Gasteiger partial charge in [-0.2, -0.15) is 18.3 Å². The number of ether oxygens (including phenoxy) is 1. The minimum atomic E-state index is -4.57. The smallest absolute Gasteiger partial charge is 0.431 e. The maximum absolute atomic E-state index is 13.1. The van der Waals surface area contributed by atoms with Crippen LogP contribution < -0.4 is 26.9 Å². The van der Waals surface area contributed by atoms with Crippen LogP contribution >= 0.6 is 0 Å². The molecule has 1 aliphatic rings. The molecule has 8 nitrogen and oxygen atoms in total. The van der Waals surface area contributed by atoms with Crippen molar-refractivity contribution in [2.75, 3.05) is 5.01 Å². The molecule has 152 valence electrons. The molecule has 0 spiro atoms. The van der Waals surface area contributed by atoms with Gasteiger partial charge in [-0.15, -0.1) is 0 Å². The van der Waals surface area contributed by atoms with Crippen molar-refractivity contribution in [3.05, 3.63) is 54.6 Å².